The van der Waals surface area contributed by atoms with Crippen LogP contribution in [0.4, 0.5) is 0 Å². The molecule has 1 N–H and O–H groups in total. The molecular formula is C25H26Cl2N2O2S. The third kappa shape index (κ3) is 5.51. The largest absolute Gasteiger partial charge is 0.356 e. The lowest BCUT2D eigenvalue weighted by Crippen LogP contribution is -2.52. The lowest BCUT2D eigenvalue weighted by Gasteiger charge is -2.44. The summed E-state index contributed by atoms with van der Waals surface area (Å²) in [5, 5.41) is 4.75. The summed E-state index contributed by atoms with van der Waals surface area (Å²) in [7, 11) is 1.85. The fraction of sp³-hybridized carbons (Fsp3) is 0.360. The van der Waals surface area contributed by atoms with Gasteiger partial charge in [0.1, 0.15) is 0 Å². The smallest absolute Gasteiger partial charge is 0.260 e. The predicted octanol–water partition coefficient (Wildman–Crippen LogP) is 5.44. The first-order valence-corrected chi connectivity index (χ1v) is 12.5. The summed E-state index contributed by atoms with van der Waals surface area (Å²) in [5.74, 6) is 0.0410. The van der Waals surface area contributed by atoms with Crippen LogP contribution >= 0.6 is 35.0 Å². The van der Waals surface area contributed by atoms with E-state index in [1.807, 2.05) is 66.6 Å². The molecule has 4 nitrogen and oxygen atoms in total. The van der Waals surface area contributed by atoms with E-state index in [9.17, 15) is 9.59 Å². The summed E-state index contributed by atoms with van der Waals surface area (Å²) in [6, 6.07) is 15.3. The minimum Gasteiger partial charge on any atom is -0.356 e. The maximum atomic E-state index is 13.0. The Kier molecular flexibility index (Phi) is 7.49. The summed E-state index contributed by atoms with van der Waals surface area (Å²) in [5.41, 5.74) is 2.07. The zero-order valence-electron chi connectivity index (χ0n) is 17.9. The molecule has 2 aliphatic rings. The minimum absolute atomic E-state index is 0.0139. The molecule has 2 amide bonds. The highest BCUT2D eigenvalue weighted by Gasteiger charge is 2.42. The lowest BCUT2D eigenvalue weighted by atomic mass is 9.83. The summed E-state index contributed by atoms with van der Waals surface area (Å²) in [6.45, 7) is 0.598. The van der Waals surface area contributed by atoms with Gasteiger partial charge in [0.25, 0.3) is 5.91 Å². The van der Waals surface area contributed by atoms with Gasteiger partial charge in [-0.15, -0.1) is 11.8 Å². The SMILES string of the molecule is CN1C(=O)/C(=C/c2cccc(Cl)c2)SC2CCC(C(=O)NCCc3ccc(Cl)cc3)CC21. The highest BCUT2D eigenvalue weighted by Crippen LogP contribution is 2.43. The number of thioether (sulfide) groups is 1. The third-order valence-corrected chi connectivity index (χ3v) is 8.09. The monoisotopic (exact) mass is 488 g/mol. The molecule has 3 unspecified atom stereocenters. The Morgan fingerprint density at radius 2 is 1.94 bits per heavy atom. The average Bonchev–Trinajstić information content (AvgIpc) is 2.78. The van der Waals surface area contributed by atoms with Gasteiger partial charge in [-0.3, -0.25) is 9.59 Å². The molecule has 3 atom stereocenters. The van der Waals surface area contributed by atoms with Crippen molar-refractivity contribution < 1.29 is 9.59 Å². The van der Waals surface area contributed by atoms with Gasteiger partial charge in [-0.2, -0.15) is 0 Å². The van der Waals surface area contributed by atoms with Crippen molar-refractivity contribution in [2.45, 2.75) is 37.0 Å². The van der Waals surface area contributed by atoms with Gasteiger partial charge in [0.15, 0.2) is 0 Å². The number of nitrogens with zero attached hydrogens (tertiary/aromatic N) is 1. The van der Waals surface area contributed by atoms with Crippen LogP contribution in [0, 0.1) is 5.92 Å². The highest BCUT2D eigenvalue weighted by molar-refractivity contribution is 8.04. The molecule has 0 aromatic heterocycles. The maximum Gasteiger partial charge on any atom is 0.260 e. The van der Waals surface area contributed by atoms with Crippen LogP contribution in [0.2, 0.25) is 10.0 Å². The van der Waals surface area contributed by atoms with E-state index in [1.165, 1.54) is 0 Å². The van der Waals surface area contributed by atoms with Gasteiger partial charge >= 0.3 is 0 Å². The molecule has 2 aromatic rings. The van der Waals surface area contributed by atoms with Crippen LogP contribution in [0.5, 0.6) is 0 Å². The third-order valence-electron chi connectivity index (χ3n) is 6.21. The van der Waals surface area contributed by atoms with Crippen molar-refractivity contribution in [3.63, 3.8) is 0 Å². The van der Waals surface area contributed by atoms with Crippen molar-refractivity contribution in [2.24, 2.45) is 5.92 Å². The summed E-state index contributed by atoms with van der Waals surface area (Å²) in [6.07, 6.45) is 5.15. The number of likely N-dealkylation sites (N-methyl/N-ethyl adjacent to an activating group) is 1. The van der Waals surface area contributed by atoms with E-state index >= 15 is 0 Å². The molecular weight excluding hydrogens is 463 g/mol. The molecule has 1 heterocycles. The minimum atomic E-state index is -0.0595. The number of benzene rings is 2. The van der Waals surface area contributed by atoms with Gasteiger partial charge in [0.05, 0.1) is 4.91 Å². The van der Waals surface area contributed by atoms with E-state index < -0.39 is 0 Å². The summed E-state index contributed by atoms with van der Waals surface area (Å²) >= 11 is 13.7. The first-order chi connectivity index (χ1) is 15.4. The second kappa shape index (κ2) is 10.3. The van der Waals surface area contributed by atoms with Gasteiger partial charge in [0.2, 0.25) is 5.91 Å². The van der Waals surface area contributed by atoms with Crippen LogP contribution in [0.25, 0.3) is 6.08 Å². The van der Waals surface area contributed by atoms with E-state index in [0.29, 0.717) is 28.3 Å². The number of carbonyl (C=O) groups excluding carboxylic acids is 2. The number of rotatable bonds is 5. The lowest BCUT2D eigenvalue weighted by molar-refractivity contribution is -0.131. The average molecular weight is 489 g/mol. The van der Waals surface area contributed by atoms with Crippen molar-refractivity contribution in [1.82, 2.24) is 10.2 Å². The zero-order chi connectivity index (χ0) is 22.7. The Hall–Kier alpha value is -1.95. The number of carbonyl (C=O) groups is 2. The standard InChI is InChI=1S/C25H26Cl2N2O2S/c1-29-21-15-18(24(30)28-12-11-16-5-8-19(26)9-6-16)7-10-22(21)32-23(25(29)31)14-17-3-2-4-20(27)13-17/h2-6,8-9,13-14,18,21-22H,7,10-12,15H2,1H3,(H,28,30)/b23-14-. The van der Waals surface area contributed by atoms with Gasteiger partial charge < -0.3 is 10.2 Å². The summed E-state index contributed by atoms with van der Waals surface area (Å²) < 4.78 is 0. The molecule has 168 valence electrons. The van der Waals surface area contributed by atoms with Gasteiger partial charge in [-0.1, -0.05) is 47.5 Å². The predicted molar refractivity (Wildman–Crippen MR) is 133 cm³/mol. The Labute approximate surface area is 203 Å². The number of amides is 2. The Balaban J connectivity index is 1.34. The molecule has 4 rings (SSSR count). The number of fused-ring (bicyclic) bond motifs is 1. The van der Waals surface area contributed by atoms with Gasteiger partial charge in [-0.25, -0.2) is 0 Å². The van der Waals surface area contributed by atoms with Crippen LogP contribution in [0.3, 0.4) is 0 Å². The second-order valence-corrected chi connectivity index (χ2v) is 10.5. The molecule has 1 saturated heterocycles. The molecule has 32 heavy (non-hydrogen) atoms. The number of halogens is 2. The number of hydrogen-bond acceptors (Lipinski definition) is 3. The Morgan fingerprint density at radius 3 is 2.69 bits per heavy atom. The van der Waals surface area contributed by atoms with E-state index in [0.717, 1.165) is 35.3 Å². The Bertz CT molecular complexity index is 1020. The molecule has 1 aliphatic carbocycles. The number of hydrogen-bond donors (Lipinski definition) is 1. The van der Waals surface area contributed by atoms with Crippen molar-refractivity contribution in [3.05, 3.63) is 74.6 Å². The molecule has 1 saturated carbocycles. The highest BCUT2D eigenvalue weighted by atomic mass is 35.5. The van der Waals surface area contributed by atoms with Crippen molar-refractivity contribution in [1.29, 1.82) is 0 Å². The van der Waals surface area contributed by atoms with E-state index in [4.69, 9.17) is 23.2 Å². The maximum absolute atomic E-state index is 13.0. The van der Waals surface area contributed by atoms with Crippen molar-refractivity contribution in [2.75, 3.05) is 13.6 Å². The van der Waals surface area contributed by atoms with Gasteiger partial charge in [-0.05, 0) is 67.2 Å². The fourth-order valence-electron chi connectivity index (χ4n) is 4.41. The van der Waals surface area contributed by atoms with Crippen LogP contribution in [0.15, 0.2) is 53.4 Å². The molecule has 1 aliphatic heterocycles. The van der Waals surface area contributed by atoms with Gasteiger partial charge in [0, 0.05) is 40.8 Å². The number of nitrogens with one attached hydrogen (secondary N) is 1. The molecule has 0 radical (unpaired) electrons. The van der Waals surface area contributed by atoms with E-state index in [2.05, 4.69) is 5.32 Å². The first kappa shape index (κ1) is 23.2. The van der Waals surface area contributed by atoms with Crippen LogP contribution < -0.4 is 5.32 Å². The van der Waals surface area contributed by atoms with Crippen LogP contribution in [-0.4, -0.2) is 41.6 Å². The molecule has 2 aromatic carbocycles. The van der Waals surface area contributed by atoms with E-state index in [-0.39, 0.29) is 23.8 Å². The molecule has 0 spiro atoms. The molecule has 2 fully saturated rings. The zero-order valence-corrected chi connectivity index (χ0v) is 20.2. The van der Waals surface area contributed by atoms with Crippen molar-refractivity contribution >= 4 is 52.9 Å². The first-order valence-electron chi connectivity index (χ1n) is 10.8. The molecule has 7 heteroatoms. The quantitative estimate of drug-likeness (QED) is 0.570. The van der Waals surface area contributed by atoms with Crippen LogP contribution in [0.1, 0.15) is 30.4 Å². The fourth-order valence-corrected chi connectivity index (χ4v) is 6.21. The topological polar surface area (TPSA) is 49.4 Å². The van der Waals surface area contributed by atoms with E-state index in [1.54, 1.807) is 11.8 Å². The summed E-state index contributed by atoms with van der Waals surface area (Å²) in [4.78, 5) is 28.3. The molecule has 0 bridgehead atoms. The van der Waals surface area contributed by atoms with Crippen molar-refractivity contribution in [3.8, 4) is 0 Å². The second-order valence-electron chi connectivity index (χ2n) is 8.38. The normalized spacial score (nSPS) is 24.3. The van der Waals surface area contributed by atoms with Crippen LogP contribution in [-0.2, 0) is 16.0 Å². The Morgan fingerprint density at radius 1 is 1.16 bits per heavy atom.